The molecule has 0 aliphatic heterocycles. The lowest BCUT2D eigenvalue weighted by Crippen LogP contribution is -2.43. The first-order chi connectivity index (χ1) is 9.02. The zero-order valence-corrected chi connectivity index (χ0v) is 12.5. The number of nitrogens with zero attached hydrogens (tertiary/aromatic N) is 2. The molecular weight excluding hydrogens is 234 g/mol. The molecule has 2 rings (SSSR count). The van der Waals surface area contributed by atoms with Gasteiger partial charge < -0.3 is 9.88 Å². The van der Waals surface area contributed by atoms with Crippen LogP contribution in [0.25, 0.3) is 11.0 Å². The molecule has 1 aromatic heterocycles. The number of para-hydroxylation sites is 2. The van der Waals surface area contributed by atoms with Crippen molar-refractivity contribution in [1.82, 2.24) is 14.9 Å². The lowest BCUT2D eigenvalue weighted by Gasteiger charge is -2.32. The molecule has 0 radical (unpaired) electrons. The summed E-state index contributed by atoms with van der Waals surface area (Å²) in [5.74, 6) is 0. The predicted octanol–water partition coefficient (Wildman–Crippen LogP) is 3.45. The molecule has 0 fully saturated rings. The van der Waals surface area contributed by atoms with Gasteiger partial charge in [0.25, 0.3) is 0 Å². The quantitative estimate of drug-likeness (QED) is 0.891. The Balaban J connectivity index is 2.21. The summed E-state index contributed by atoms with van der Waals surface area (Å²) in [5.41, 5.74) is 2.53. The Kier molecular flexibility index (Phi) is 4.25. The molecule has 1 unspecified atom stereocenters. The van der Waals surface area contributed by atoms with E-state index in [9.17, 15) is 0 Å². The molecule has 1 aromatic carbocycles. The molecule has 104 valence electrons. The van der Waals surface area contributed by atoms with Crippen LogP contribution in [0, 0.1) is 5.41 Å². The molecular formula is C16H25N3. The molecule has 0 saturated heterocycles. The fraction of sp³-hybridized carbons (Fsp3) is 0.562. The molecule has 0 amide bonds. The summed E-state index contributed by atoms with van der Waals surface area (Å²) in [7, 11) is 0. The summed E-state index contributed by atoms with van der Waals surface area (Å²) in [6, 6.07) is 8.77. The molecule has 0 spiro atoms. The van der Waals surface area contributed by atoms with Gasteiger partial charge in [0.1, 0.15) is 0 Å². The van der Waals surface area contributed by atoms with Crippen LogP contribution in [0.4, 0.5) is 0 Å². The number of benzene rings is 1. The number of fused-ring (bicyclic) bond motifs is 1. The Bertz CT molecular complexity index is 522. The van der Waals surface area contributed by atoms with Gasteiger partial charge in [0.2, 0.25) is 0 Å². The van der Waals surface area contributed by atoms with E-state index >= 15 is 0 Å². The average molecular weight is 259 g/mol. The SMILES string of the molecule is CCCNC(Cn1cnc2ccccc21)C(C)(C)C. The Morgan fingerprint density at radius 3 is 2.68 bits per heavy atom. The molecule has 3 nitrogen and oxygen atoms in total. The van der Waals surface area contributed by atoms with Crippen LogP contribution in [0.15, 0.2) is 30.6 Å². The minimum Gasteiger partial charge on any atom is -0.329 e. The van der Waals surface area contributed by atoms with Crippen molar-refractivity contribution in [3.05, 3.63) is 30.6 Å². The predicted molar refractivity (Wildman–Crippen MR) is 81.3 cm³/mol. The van der Waals surface area contributed by atoms with Crippen molar-refractivity contribution < 1.29 is 0 Å². The Labute approximate surface area is 116 Å². The van der Waals surface area contributed by atoms with Crippen molar-refractivity contribution in [1.29, 1.82) is 0 Å². The number of rotatable bonds is 5. The van der Waals surface area contributed by atoms with Gasteiger partial charge in [-0.15, -0.1) is 0 Å². The van der Waals surface area contributed by atoms with Crippen LogP contribution < -0.4 is 5.32 Å². The maximum absolute atomic E-state index is 4.47. The van der Waals surface area contributed by atoms with Crippen LogP contribution in [0.3, 0.4) is 0 Å². The average Bonchev–Trinajstić information content (AvgIpc) is 2.76. The summed E-state index contributed by atoms with van der Waals surface area (Å²) >= 11 is 0. The number of hydrogen-bond donors (Lipinski definition) is 1. The van der Waals surface area contributed by atoms with E-state index < -0.39 is 0 Å². The highest BCUT2D eigenvalue weighted by molar-refractivity contribution is 5.74. The van der Waals surface area contributed by atoms with Crippen molar-refractivity contribution in [2.24, 2.45) is 5.41 Å². The summed E-state index contributed by atoms with van der Waals surface area (Å²) in [6.45, 7) is 11.1. The fourth-order valence-corrected chi connectivity index (χ4v) is 2.32. The molecule has 3 heteroatoms. The molecule has 0 aliphatic carbocycles. The smallest absolute Gasteiger partial charge is 0.0958 e. The first-order valence-electron chi connectivity index (χ1n) is 7.15. The van der Waals surface area contributed by atoms with Crippen LogP contribution in [0.1, 0.15) is 34.1 Å². The first-order valence-corrected chi connectivity index (χ1v) is 7.15. The molecule has 0 bridgehead atoms. The van der Waals surface area contributed by atoms with E-state index in [1.165, 1.54) is 5.52 Å². The third-order valence-corrected chi connectivity index (χ3v) is 3.59. The number of nitrogens with one attached hydrogen (secondary N) is 1. The van der Waals surface area contributed by atoms with Gasteiger partial charge in [-0.05, 0) is 30.5 Å². The largest absolute Gasteiger partial charge is 0.329 e. The van der Waals surface area contributed by atoms with Gasteiger partial charge in [-0.1, -0.05) is 39.8 Å². The summed E-state index contributed by atoms with van der Waals surface area (Å²) in [5, 5.41) is 3.66. The van der Waals surface area contributed by atoms with E-state index in [2.05, 4.69) is 60.8 Å². The number of imidazole rings is 1. The van der Waals surface area contributed by atoms with Gasteiger partial charge in [-0.25, -0.2) is 4.98 Å². The van der Waals surface area contributed by atoms with Crippen molar-refractivity contribution >= 4 is 11.0 Å². The molecule has 1 atom stereocenters. The van der Waals surface area contributed by atoms with E-state index in [1.54, 1.807) is 0 Å². The van der Waals surface area contributed by atoms with Crippen molar-refractivity contribution in [3.63, 3.8) is 0 Å². The van der Waals surface area contributed by atoms with Gasteiger partial charge in [0.05, 0.1) is 17.4 Å². The van der Waals surface area contributed by atoms with E-state index in [-0.39, 0.29) is 5.41 Å². The van der Waals surface area contributed by atoms with Crippen LogP contribution >= 0.6 is 0 Å². The maximum atomic E-state index is 4.47. The zero-order valence-electron chi connectivity index (χ0n) is 12.5. The topological polar surface area (TPSA) is 29.9 Å². The lowest BCUT2D eigenvalue weighted by atomic mass is 9.86. The summed E-state index contributed by atoms with van der Waals surface area (Å²) in [6.07, 6.45) is 3.12. The maximum Gasteiger partial charge on any atom is 0.0958 e. The molecule has 1 heterocycles. The monoisotopic (exact) mass is 259 g/mol. The number of aromatic nitrogens is 2. The van der Waals surface area contributed by atoms with Crippen LogP contribution in [-0.4, -0.2) is 22.1 Å². The molecule has 2 aromatic rings. The Morgan fingerprint density at radius 1 is 1.26 bits per heavy atom. The first kappa shape index (κ1) is 14.1. The zero-order chi connectivity index (χ0) is 13.9. The normalized spacial score (nSPS) is 13.9. The minimum absolute atomic E-state index is 0.237. The van der Waals surface area contributed by atoms with Crippen LogP contribution in [0.5, 0.6) is 0 Å². The fourth-order valence-electron chi connectivity index (χ4n) is 2.32. The molecule has 19 heavy (non-hydrogen) atoms. The Morgan fingerprint density at radius 2 is 2.00 bits per heavy atom. The van der Waals surface area contributed by atoms with Gasteiger partial charge >= 0.3 is 0 Å². The van der Waals surface area contributed by atoms with Gasteiger partial charge in [0, 0.05) is 12.6 Å². The van der Waals surface area contributed by atoms with Gasteiger partial charge in [0.15, 0.2) is 0 Å². The highest BCUT2D eigenvalue weighted by Crippen LogP contribution is 2.22. The van der Waals surface area contributed by atoms with Gasteiger partial charge in [-0.3, -0.25) is 0 Å². The van der Waals surface area contributed by atoms with E-state index in [0.29, 0.717) is 6.04 Å². The third kappa shape index (κ3) is 3.35. The molecule has 0 aliphatic rings. The summed E-state index contributed by atoms with van der Waals surface area (Å²) < 4.78 is 2.26. The van der Waals surface area contributed by atoms with Crippen molar-refractivity contribution in [2.75, 3.05) is 6.54 Å². The van der Waals surface area contributed by atoms with Crippen LogP contribution in [-0.2, 0) is 6.54 Å². The minimum atomic E-state index is 0.237. The summed E-state index contributed by atoms with van der Waals surface area (Å²) in [4.78, 5) is 4.47. The van der Waals surface area contributed by atoms with Crippen molar-refractivity contribution in [2.45, 2.75) is 46.7 Å². The van der Waals surface area contributed by atoms with Crippen LogP contribution in [0.2, 0.25) is 0 Å². The van der Waals surface area contributed by atoms with E-state index in [4.69, 9.17) is 0 Å². The lowest BCUT2D eigenvalue weighted by molar-refractivity contribution is 0.244. The van der Waals surface area contributed by atoms with E-state index in [0.717, 1.165) is 25.0 Å². The second-order valence-electron chi connectivity index (χ2n) is 6.26. The highest BCUT2D eigenvalue weighted by atomic mass is 15.1. The van der Waals surface area contributed by atoms with Crippen molar-refractivity contribution in [3.8, 4) is 0 Å². The third-order valence-electron chi connectivity index (χ3n) is 3.59. The Hall–Kier alpha value is -1.35. The standard InChI is InChI=1S/C16H25N3/c1-5-10-17-15(16(2,3)4)11-19-12-18-13-8-6-7-9-14(13)19/h6-9,12,15,17H,5,10-11H2,1-4H3. The van der Waals surface area contributed by atoms with E-state index in [1.807, 2.05) is 12.4 Å². The number of hydrogen-bond acceptors (Lipinski definition) is 2. The van der Waals surface area contributed by atoms with Gasteiger partial charge in [-0.2, -0.15) is 0 Å². The highest BCUT2D eigenvalue weighted by Gasteiger charge is 2.24. The molecule has 0 saturated carbocycles. The second-order valence-corrected chi connectivity index (χ2v) is 6.26. The second kappa shape index (κ2) is 5.74. The molecule has 1 N–H and O–H groups in total.